The molecule has 92 valence electrons. The van der Waals surface area contributed by atoms with Crippen molar-refractivity contribution in [1.29, 1.82) is 0 Å². The smallest absolute Gasteiger partial charge is 0.278 e. The summed E-state index contributed by atoms with van der Waals surface area (Å²) >= 11 is 5.30. The van der Waals surface area contributed by atoms with Crippen LogP contribution in [0.25, 0.3) is 0 Å². The maximum absolute atomic E-state index is 11.6. The van der Waals surface area contributed by atoms with Gasteiger partial charge in [0.25, 0.3) is 0 Å². The molecular weight excluding hydrogens is 259 g/mol. The van der Waals surface area contributed by atoms with E-state index in [1.807, 2.05) is 0 Å². The van der Waals surface area contributed by atoms with E-state index in [0.29, 0.717) is 12.3 Å². The van der Waals surface area contributed by atoms with Crippen LogP contribution in [-0.4, -0.2) is 32.8 Å². The van der Waals surface area contributed by atoms with Gasteiger partial charge in [0.2, 0.25) is 10.0 Å². The molecule has 0 aromatic carbocycles. The number of hydrogen-bond donors (Lipinski definition) is 1. The molecule has 0 aliphatic carbocycles. The minimum Gasteiger partial charge on any atom is -0.278 e. The molecule has 0 saturated heterocycles. The van der Waals surface area contributed by atoms with Gasteiger partial charge >= 0.3 is 6.18 Å². The van der Waals surface area contributed by atoms with Crippen LogP contribution in [0.4, 0.5) is 13.2 Å². The van der Waals surface area contributed by atoms with Gasteiger partial charge in [-0.15, -0.1) is 11.6 Å². The molecule has 0 saturated carbocycles. The van der Waals surface area contributed by atoms with Crippen LogP contribution in [0.5, 0.6) is 0 Å². The lowest BCUT2D eigenvalue weighted by Gasteiger charge is -2.08. The number of halogens is 4. The molecule has 0 spiro atoms. The van der Waals surface area contributed by atoms with E-state index in [1.165, 1.54) is 4.89 Å². The van der Waals surface area contributed by atoms with Crippen molar-refractivity contribution >= 4 is 21.6 Å². The van der Waals surface area contributed by atoms with E-state index in [2.05, 4.69) is 4.84 Å². The van der Waals surface area contributed by atoms with Gasteiger partial charge in [-0.2, -0.15) is 13.2 Å². The van der Waals surface area contributed by atoms with Crippen LogP contribution in [-0.2, 0) is 14.9 Å². The van der Waals surface area contributed by atoms with E-state index in [1.54, 1.807) is 0 Å². The molecule has 0 bridgehead atoms. The van der Waals surface area contributed by atoms with Gasteiger partial charge < -0.3 is 0 Å². The molecule has 0 heterocycles. The molecule has 0 unspecified atom stereocenters. The topological polar surface area (TPSA) is 55.4 Å². The van der Waals surface area contributed by atoms with Crippen molar-refractivity contribution in [3.05, 3.63) is 0 Å². The van der Waals surface area contributed by atoms with Crippen LogP contribution >= 0.6 is 11.6 Å². The maximum Gasteiger partial charge on any atom is 0.413 e. The Morgan fingerprint density at radius 2 is 1.87 bits per heavy atom. The quantitative estimate of drug-likeness (QED) is 0.432. The minimum absolute atomic E-state index is 0.272. The summed E-state index contributed by atoms with van der Waals surface area (Å²) in [4.78, 5) is 5.18. The van der Waals surface area contributed by atoms with Gasteiger partial charge in [-0.25, -0.2) is 8.42 Å². The highest BCUT2D eigenvalue weighted by Crippen LogP contribution is 2.13. The third-order valence-corrected chi connectivity index (χ3v) is 2.68. The number of sulfonamides is 1. The van der Waals surface area contributed by atoms with Gasteiger partial charge in [-0.1, -0.05) is 4.89 Å². The molecule has 0 radical (unpaired) electrons. The zero-order valence-corrected chi connectivity index (χ0v) is 9.25. The van der Waals surface area contributed by atoms with Crippen LogP contribution in [0.2, 0.25) is 0 Å². The molecule has 0 amide bonds. The van der Waals surface area contributed by atoms with Gasteiger partial charge in [0, 0.05) is 5.88 Å². The predicted molar refractivity (Wildman–Crippen MR) is 48.9 cm³/mol. The maximum atomic E-state index is 11.6. The summed E-state index contributed by atoms with van der Waals surface area (Å²) in [5.41, 5.74) is 0. The SMILES string of the molecule is O=S(=O)(CCCCCl)NOCC(F)(F)F. The van der Waals surface area contributed by atoms with Crippen molar-refractivity contribution < 1.29 is 26.4 Å². The Morgan fingerprint density at radius 3 is 2.33 bits per heavy atom. The van der Waals surface area contributed by atoms with E-state index >= 15 is 0 Å². The summed E-state index contributed by atoms with van der Waals surface area (Å²) in [6.45, 7) is -1.65. The van der Waals surface area contributed by atoms with Gasteiger partial charge in [0.1, 0.15) is 0 Å². The van der Waals surface area contributed by atoms with Crippen molar-refractivity contribution in [1.82, 2.24) is 4.89 Å². The van der Waals surface area contributed by atoms with Crippen LogP contribution in [0, 0.1) is 0 Å². The van der Waals surface area contributed by atoms with Crippen molar-refractivity contribution in [2.45, 2.75) is 19.0 Å². The molecule has 0 aromatic heterocycles. The molecule has 1 N–H and O–H groups in total. The van der Waals surface area contributed by atoms with E-state index in [4.69, 9.17) is 11.6 Å². The van der Waals surface area contributed by atoms with E-state index < -0.39 is 22.8 Å². The molecule has 0 rings (SSSR count). The summed E-state index contributed by atoms with van der Waals surface area (Å²) in [6.07, 6.45) is -3.81. The Hall–Kier alpha value is -0.0500. The molecule has 4 nitrogen and oxygen atoms in total. The molecule has 0 aliphatic rings. The fourth-order valence-corrected chi connectivity index (χ4v) is 1.72. The predicted octanol–water partition coefficient (Wildman–Crippen LogP) is 1.42. The molecule has 15 heavy (non-hydrogen) atoms. The molecular formula is C6H11ClF3NO3S. The van der Waals surface area contributed by atoms with Crippen LogP contribution < -0.4 is 4.89 Å². The zero-order valence-electron chi connectivity index (χ0n) is 7.68. The number of alkyl halides is 4. The Labute approximate surface area is 90.7 Å². The molecule has 9 heteroatoms. The highest BCUT2D eigenvalue weighted by atomic mass is 35.5. The zero-order chi connectivity index (χ0) is 11.9. The lowest BCUT2D eigenvalue weighted by atomic mass is 10.4. The Morgan fingerprint density at radius 1 is 1.27 bits per heavy atom. The second kappa shape index (κ2) is 6.51. The van der Waals surface area contributed by atoms with Crippen LogP contribution in [0.15, 0.2) is 0 Å². The van der Waals surface area contributed by atoms with Gasteiger partial charge in [0.05, 0.1) is 5.75 Å². The first-order valence-corrected chi connectivity index (χ1v) is 6.19. The van der Waals surface area contributed by atoms with Gasteiger partial charge in [-0.3, -0.25) is 4.84 Å². The van der Waals surface area contributed by atoms with E-state index in [0.717, 1.165) is 0 Å². The number of rotatable bonds is 7. The summed E-state index contributed by atoms with van der Waals surface area (Å²) in [6, 6.07) is 0. The monoisotopic (exact) mass is 269 g/mol. The largest absolute Gasteiger partial charge is 0.413 e. The lowest BCUT2D eigenvalue weighted by Crippen LogP contribution is -2.31. The molecule has 0 aromatic rings. The number of unbranched alkanes of at least 4 members (excludes halogenated alkanes) is 1. The fourth-order valence-electron chi connectivity index (χ4n) is 0.629. The van der Waals surface area contributed by atoms with Crippen molar-refractivity contribution in [3.63, 3.8) is 0 Å². The first-order valence-electron chi connectivity index (χ1n) is 4.01. The summed E-state index contributed by atoms with van der Waals surface area (Å²) in [5.74, 6) is -0.00347. The highest BCUT2D eigenvalue weighted by molar-refractivity contribution is 7.89. The summed E-state index contributed by atoms with van der Waals surface area (Å²) in [7, 11) is -3.81. The van der Waals surface area contributed by atoms with Crippen molar-refractivity contribution in [2.75, 3.05) is 18.2 Å². The molecule has 0 atom stereocenters. The average molecular weight is 270 g/mol. The molecule has 0 fully saturated rings. The minimum atomic E-state index is -4.56. The Balaban J connectivity index is 3.75. The molecule has 0 aliphatic heterocycles. The fraction of sp³-hybridized carbons (Fsp3) is 1.00. The third kappa shape index (κ3) is 10.2. The number of hydrogen-bond acceptors (Lipinski definition) is 3. The average Bonchev–Trinajstić information content (AvgIpc) is 2.01. The summed E-state index contributed by atoms with van der Waals surface area (Å²) in [5, 5.41) is 0. The lowest BCUT2D eigenvalue weighted by molar-refractivity contribution is -0.181. The highest BCUT2D eigenvalue weighted by Gasteiger charge is 2.28. The van der Waals surface area contributed by atoms with E-state index in [-0.39, 0.29) is 12.2 Å². The first-order chi connectivity index (χ1) is 6.77. The Kier molecular flexibility index (Phi) is 6.49. The third-order valence-electron chi connectivity index (χ3n) is 1.22. The van der Waals surface area contributed by atoms with Crippen LogP contribution in [0.1, 0.15) is 12.8 Å². The van der Waals surface area contributed by atoms with Crippen LogP contribution in [0.3, 0.4) is 0 Å². The van der Waals surface area contributed by atoms with E-state index in [9.17, 15) is 21.6 Å². The standard InChI is InChI=1S/C6H11ClF3NO3S/c7-3-1-2-4-15(12,13)11-14-5-6(8,9)10/h11H,1-5H2. The van der Waals surface area contributed by atoms with Gasteiger partial charge in [-0.05, 0) is 12.8 Å². The van der Waals surface area contributed by atoms with Crippen molar-refractivity contribution in [3.8, 4) is 0 Å². The second-order valence-electron chi connectivity index (χ2n) is 2.70. The van der Waals surface area contributed by atoms with Gasteiger partial charge in [0.15, 0.2) is 6.61 Å². The summed E-state index contributed by atoms with van der Waals surface area (Å²) < 4.78 is 56.6. The normalized spacial score (nSPS) is 13.1. The second-order valence-corrected chi connectivity index (χ2v) is 4.88. The Bertz CT molecular complexity index is 267. The van der Waals surface area contributed by atoms with Crippen molar-refractivity contribution in [2.24, 2.45) is 0 Å². The number of nitrogens with one attached hydrogen (secondary N) is 1. The first kappa shape index (κ1) is 14.9.